The van der Waals surface area contributed by atoms with Gasteiger partial charge in [0.15, 0.2) is 5.69 Å². The van der Waals surface area contributed by atoms with Gasteiger partial charge in [-0.1, -0.05) is 12.1 Å². The Morgan fingerprint density at radius 1 is 1.67 bits per heavy atom. The predicted octanol–water partition coefficient (Wildman–Crippen LogP) is 1.36. The summed E-state index contributed by atoms with van der Waals surface area (Å²) in [6.07, 6.45) is 0.705. The van der Waals surface area contributed by atoms with Crippen molar-refractivity contribution in [3.63, 3.8) is 0 Å². The Balaban J connectivity index is 2.27. The molecule has 1 aliphatic heterocycles. The second kappa shape index (κ2) is 5.01. The molecule has 1 aliphatic rings. The highest BCUT2D eigenvalue weighted by atomic mass is 32.2. The fourth-order valence-electron chi connectivity index (χ4n) is 1.94. The van der Waals surface area contributed by atoms with Crippen molar-refractivity contribution in [2.24, 2.45) is 0 Å². The zero-order valence-electron chi connectivity index (χ0n) is 10.1. The van der Waals surface area contributed by atoms with Crippen LogP contribution >= 0.6 is 11.8 Å². The van der Waals surface area contributed by atoms with Gasteiger partial charge in [-0.25, -0.2) is 4.79 Å². The Hall–Kier alpha value is -1.50. The van der Waals surface area contributed by atoms with Gasteiger partial charge in [0, 0.05) is 11.8 Å². The molecule has 1 saturated heterocycles. The van der Waals surface area contributed by atoms with E-state index in [4.69, 9.17) is 9.63 Å². The van der Waals surface area contributed by atoms with Gasteiger partial charge >= 0.3 is 5.97 Å². The molecule has 0 aromatic carbocycles. The van der Waals surface area contributed by atoms with Gasteiger partial charge in [-0.2, -0.15) is 0 Å². The fraction of sp³-hybridized carbons (Fsp3) is 0.545. The molecule has 1 amide bonds. The van der Waals surface area contributed by atoms with Crippen LogP contribution in [0.25, 0.3) is 0 Å². The first kappa shape index (κ1) is 12.9. The molecule has 6 nitrogen and oxygen atoms in total. The predicted molar refractivity (Wildman–Crippen MR) is 65.4 cm³/mol. The van der Waals surface area contributed by atoms with Crippen molar-refractivity contribution in [1.82, 2.24) is 10.1 Å². The molecule has 2 unspecified atom stereocenters. The standard InChI is InChI=1S/C11H14N2O4S/c1-3-9-13(8(5-18-9)11(15)16)10(14)7-4-6(2)17-12-7/h4,8-9H,3,5H2,1-2H3,(H,15,16). The number of rotatable bonds is 3. The fourth-order valence-corrected chi connectivity index (χ4v) is 3.29. The first-order valence-electron chi connectivity index (χ1n) is 5.65. The lowest BCUT2D eigenvalue weighted by atomic mass is 10.2. The molecule has 0 bridgehead atoms. The van der Waals surface area contributed by atoms with E-state index in [2.05, 4.69) is 5.16 Å². The smallest absolute Gasteiger partial charge is 0.327 e. The maximum atomic E-state index is 12.3. The van der Waals surface area contributed by atoms with Crippen LogP contribution in [0, 0.1) is 6.92 Å². The molecule has 0 aliphatic carbocycles. The van der Waals surface area contributed by atoms with Crippen LogP contribution in [0.5, 0.6) is 0 Å². The Labute approximate surface area is 108 Å². The minimum atomic E-state index is -0.980. The first-order valence-corrected chi connectivity index (χ1v) is 6.69. The van der Waals surface area contributed by atoms with Gasteiger partial charge in [0.25, 0.3) is 5.91 Å². The summed E-state index contributed by atoms with van der Waals surface area (Å²) in [5.41, 5.74) is 0.166. The van der Waals surface area contributed by atoms with Gasteiger partial charge in [0.05, 0.1) is 5.37 Å². The van der Waals surface area contributed by atoms with Crippen molar-refractivity contribution in [1.29, 1.82) is 0 Å². The van der Waals surface area contributed by atoms with E-state index in [1.54, 1.807) is 6.92 Å². The van der Waals surface area contributed by atoms with Crippen LogP contribution in [-0.4, -0.2) is 44.2 Å². The minimum absolute atomic E-state index is 0.115. The first-order chi connectivity index (χ1) is 8.54. The largest absolute Gasteiger partial charge is 0.480 e. The Kier molecular flexibility index (Phi) is 3.60. The molecule has 1 aromatic rings. The zero-order valence-corrected chi connectivity index (χ0v) is 10.9. The maximum Gasteiger partial charge on any atom is 0.327 e. The molecule has 2 heterocycles. The van der Waals surface area contributed by atoms with Crippen LogP contribution in [0.3, 0.4) is 0 Å². The maximum absolute atomic E-state index is 12.3. The average Bonchev–Trinajstić information content (AvgIpc) is 2.93. The van der Waals surface area contributed by atoms with Crippen molar-refractivity contribution in [3.8, 4) is 0 Å². The van der Waals surface area contributed by atoms with Crippen LogP contribution in [0.4, 0.5) is 0 Å². The van der Waals surface area contributed by atoms with Crippen LogP contribution in [0.15, 0.2) is 10.6 Å². The van der Waals surface area contributed by atoms with Crippen LogP contribution in [0.1, 0.15) is 29.6 Å². The number of aryl methyl sites for hydroxylation is 1. The van der Waals surface area contributed by atoms with E-state index in [0.29, 0.717) is 17.9 Å². The van der Waals surface area contributed by atoms with Gasteiger partial charge in [-0.05, 0) is 13.3 Å². The molecule has 0 radical (unpaired) electrons. The number of thioether (sulfide) groups is 1. The van der Waals surface area contributed by atoms with Gasteiger partial charge in [-0.3, -0.25) is 4.79 Å². The molecule has 1 fully saturated rings. The average molecular weight is 270 g/mol. The summed E-state index contributed by atoms with van der Waals surface area (Å²) in [4.78, 5) is 24.8. The monoisotopic (exact) mass is 270 g/mol. The molecular formula is C11H14N2O4S. The topological polar surface area (TPSA) is 83.6 Å². The highest BCUT2D eigenvalue weighted by molar-refractivity contribution is 8.00. The third-order valence-electron chi connectivity index (χ3n) is 2.81. The molecule has 18 heavy (non-hydrogen) atoms. The summed E-state index contributed by atoms with van der Waals surface area (Å²) in [7, 11) is 0. The number of hydrogen-bond donors (Lipinski definition) is 1. The number of nitrogens with zero attached hydrogens (tertiary/aromatic N) is 2. The molecule has 1 N–H and O–H groups in total. The zero-order chi connectivity index (χ0) is 13.3. The van der Waals surface area contributed by atoms with Crippen molar-refractivity contribution in [2.45, 2.75) is 31.7 Å². The van der Waals surface area contributed by atoms with E-state index in [1.807, 2.05) is 6.92 Å². The van der Waals surface area contributed by atoms with Crippen LogP contribution < -0.4 is 0 Å². The third kappa shape index (κ3) is 2.22. The molecule has 0 saturated carbocycles. The van der Waals surface area contributed by atoms with E-state index in [-0.39, 0.29) is 17.0 Å². The normalized spacial score (nSPS) is 23.3. The molecular weight excluding hydrogens is 256 g/mol. The summed E-state index contributed by atoms with van der Waals surface area (Å²) in [5.74, 6) is -0.413. The van der Waals surface area contributed by atoms with Crippen molar-refractivity contribution in [2.75, 3.05) is 5.75 Å². The van der Waals surface area contributed by atoms with Gasteiger partial charge < -0.3 is 14.5 Å². The summed E-state index contributed by atoms with van der Waals surface area (Å²) in [6.45, 7) is 3.62. The van der Waals surface area contributed by atoms with E-state index in [1.165, 1.54) is 22.7 Å². The number of aliphatic carboxylic acids is 1. The summed E-state index contributed by atoms with van der Waals surface area (Å²) < 4.78 is 4.86. The molecule has 98 valence electrons. The third-order valence-corrected chi connectivity index (χ3v) is 4.26. The van der Waals surface area contributed by atoms with Crippen molar-refractivity contribution in [3.05, 3.63) is 17.5 Å². The highest BCUT2D eigenvalue weighted by Gasteiger charge is 2.41. The number of carboxylic acid groups (broad SMARTS) is 1. The second-order valence-corrected chi connectivity index (χ2v) is 5.30. The van der Waals surface area contributed by atoms with Gasteiger partial charge in [0.1, 0.15) is 11.8 Å². The van der Waals surface area contributed by atoms with Gasteiger partial charge in [0.2, 0.25) is 0 Å². The Bertz CT molecular complexity index is 473. The van der Waals surface area contributed by atoms with E-state index < -0.39 is 12.0 Å². The molecule has 0 spiro atoms. The van der Waals surface area contributed by atoms with Crippen LogP contribution in [-0.2, 0) is 4.79 Å². The SMILES string of the molecule is CCC1SCC(C(=O)O)N1C(=O)c1cc(C)on1. The minimum Gasteiger partial charge on any atom is -0.480 e. The van der Waals surface area contributed by atoms with Crippen LogP contribution in [0.2, 0.25) is 0 Å². The molecule has 2 rings (SSSR count). The number of amides is 1. The number of carbonyl (C=O) groups is 2. The summed E-state index contributed by atoms with van der Waals surface area (Å²) in [5, 5.41) is 12.7. The summed E-state index contributed by atoms with van der Waals surface area (Å²) in [6, 6.07) is 0.737. The number of hydrogen-bond acceptors (Lipinski definition) is 5. The van der Waals surface area contributed by atoms with E-state index >= 15 is 0 Å². The Morgan fingerprint density at radius 2 is 2.39 bits per heavy atom. The van der Waals surface area contributed by atoms with Crippen molar-refractivity contribution < 1.29 is 19.2 Å². The lowest BCUT2D eigenvalue weighted by Crippen LogP contribution is -2.45. The quantitative estimate of drug-likeness (QED) is 0.892. The molecule has 7 heteroatoms. The van der Waals surface area contributed by atoms with Crippen molar-refractivity contribution >= 4 is 23.6 Å². The second-order valence-electron chi connectivity index (χ2n) is 4.09. The highest BCUT2D eigenvalue weighted by Crippen LogP contribution is 2.32. The molecule has 1 aromatic heterocycles. The number of carboxylic acids is 1. The molecule has 2 atom stereocenters. The van der Waals surface area contributed by atoms with E-state index in [0.717, 1.165) is 0 Å². The lowest BCUT2D eigenvalue weighted by Gasteiger charge is -2.25. The number of aromatic nitrogens is 1. The Morgan fingerprint density at radius 3 is 2.89 bits per heavy atom. The number of carbonyl (C=O) groups excluding carboxylic acids is 1. The van der Waals surface area contributed by atoms with E-state index in [9.17, 15) is 9.59 Å². The summed E-state index contributed by atoms with van der Waals surface area (Å²) >= 11 is 1.48. The lowest BCUT2D eigenvalue weighted by molar-refractivity contribution is -0.141. The van der Waals surface area contributed by atoms with Gasteiger partial charge in [-0.15, -0.1) is 11.8 Å².